The van der Waals surface area contributed by atoms with Crippen LogP contribution in [0.4, 0.5) is 14.5 Å². The van der Waals surface area contributed by atoms with Gasteiger partial charge in [0.2, 0.25) is 5.91 Å². The molecule has 0 aliphatic heterocycles. The van der Waals surface area contributed by atoms with E-state index in [2.05, 4.69) is 20.6 Å². The lowest BCUT2D eigenvalue weighted by Crippen LogP contribution is -2.44. The van der Waals surface area contributed by atoms with E-state index in [-0.39, 0.29) is 11.7 Å². The SMILES string of the molecule is CSCC[C@H](NC(=O)c1ccc(NCC(c2ccc(F)cc2)c2ncc[nH]2)cc1-c1ccc(F)cc1)C(N)=O. The fourth-order valence-corrected chi connectivity index (χ4v) is 4.70. The molecule has 4 aromatic rings. The molecule has 2 amide bonds. The maximum Gasteiger partial charge on any atom is 0.252 e. The van der Waals surface area contributed by atoms with Gasteiger partial charge in [0.1, 0.15) is 23.5 Å². The van der Waals surface area contributed by atoms with Crippen LogP contribution in [0.3, 0.4) is 0 Å². The molecule has 39 heavy (non-hydrogen) atoms. The van der Waals surface area contributed by atoms with Crippen molar-refractivity contribution in [2.45, 2.75) is 18.4 Å². The van der Waals surface area contributed by atoms with E-state index >= 15 is 0 Å². The molecule has 10 heteroatoms. The summed E-state index contributed by atoms with van der Waals surface area (Å²) >= 11 is 1.55. The van der Waals surface area contributed by atoms with Crippen LogP contribution < -0.4 is 16.4 Å². The average molecular weight is 550 g/mol. The van der Waals surface area contributed by atoms with Gasteiger partial charge in [0.05, 0.1) is 5.92 Å². The van der Waals surface area contributed by atoms with Crippen LogP contribution in [0.2, 0.25) is 0 Å². The zero-order chi connectivity index (χ0) is 27.8. The summed E-state index contributed by atoms with van der Waals surface area (Å²) in [6.07, 6.45) is 5.70. The number of hydrogen-bond donors (Lipinski definition) is 4. The largest absolute Gasteiger partial charge is 0.384 e. The van der Waals surface area contributed by atoms with Crippen LogP contribution in [0.5, 0.6) is 0 Å². The Morgan fingerprint density at radius 1 is 1.03 bits per heavy atom. The standard InChI is InChI=1S/C29H29F2N5O2S/c1-39-15-12-26(27(32)37)36-29(38)23-11-10-22(16-24(23)18-2-6-20(30)7-3-18)35-17-25(28-33-13-14-34-28)19-4-8-21(31)9-5-19/h2-11,13-14,16,25-26,35H,12,15,17H2,1H3,(H2,32,37)(H,33,34)(H,36,38)/t25?,26-/m0/s1. The first kappa shape index (κ1) is 27.8. The lowest BCUT2D eigenvalue weighted by atomic mass is 9.96. The molecule has 0 radical (unpaired) electrons. The van der Waals surface area contributed by atoms with Crippen molar-refractivity contribution in [3.8, 4) is 11.1 Å². The molecule has 0 bridgehead atoms. The van der Waals surface area contributed by atoms with Gasteiger partial charge in [-0.15, -0.1) is 0 Å². The lowest BCUT2D eigenvalue weighted by molar-refractivity contribution is -0.119. The number of primary amides is 1. The van der Waals surface area contributed by atoms with Crippen LogP contribution in [0.25, 0.3) is 11.1 Å². The number of halogens is 2. The molecule has 1 aromatic heterocycles. The zero-order valence-electron chi connectivity index (χ0n) is 21.3. The first-order chi connectivity index (χ1) is 18.9. The molecular weight excluding hydrogens is 520 g/mol. The van der Waals surface area contributed by atoms with Gasteiger partial charge in [-0.3, -0.25) is 9.59 Å². The minimum atomic E-state index is -0.811. The summed E-state index contributed by atoms with van der Waals surface area (Å²) in [5.74, 6) is -0.612. The van der Waals surface area contributed by atoms with Crippen molar-refractivity contribution in [1.82, 2.24) is 15.3 Å². The average Bonchev–Trinajstić information content (AvgIpc) is 3.47. The third-order valence-corrected chi connectivity index (χ3v) is 6.95. The van der Waals surface area contributed by atoms with Gasteiger partial charge in [-0.2, -0.15) is 11.8 Å². The van der Waals surface area contributed by atoms with Gasteiger partial charge in [0, 0.05) is 30.2 Å². The number of aromatic amines is 1. The molecule has 7 nitrogen and oxygen atoms in total. The smallest absolute Gasteiger partial charge is 0.252 e. The minimum absolute atomic E-state index is 0.203. The topological polar surface area (TPSA) is 113 Å². The molecule has 1 unspecified atom stereocenters. The number of nitrogens with two attached hydrogens (primary N) is 1. The number of imidazole rings is 1. The predicted molar refractivity (Wildman–Crippen MR) is 151 cm³/mol. The number of thioether (sulfide) groups is 1. The van der Waals surface area contributed by atoms with E-state index in [1.165, 1.54) is 24.3 Å². The van der Waals surface area contributed by atoms with Crippen LogP contribution in [-0.4, -0.2) is 46.4 Å². The predicted octanol–water partition coefficient (Wildman–Crippen LogP) is 4.94. The van der Waals surface area contributed by atoms with E-state index < -0.39 is 23.7 Å². The number of nitrogens with zero attached hydrogens (tertiary/aromatic N) is 1. The summed E-state index contributed by atoms with van der Waals surface area (Å²) in [6, 6.07) is 16.5. The summed E-state index contributed by atoms with van der Waals surface area (Å²) in [5.41, 5.74) is 8.60. The molecule has 5 N–H and O–H groups in total. The first-order valence-electron chi connectivity index (χ1n) is 12.3. The molecular formula is C29H29F2N5O2S. The van der Waals surface area contributed by atoms with Gasteiger partial charge in [0.25, 0.3) is 5.91 Å². The molecule has 4 rings (SSSR count). The van der Waals surface area contributed by atoms with E-state index in [9.17, 15) is 18.4 Å². The van der Waals surface area contributed by atoms with Crippen LogP contribution in [0.1, 0.15) is 34.1 Å². The fraction of sp³-hybridized carbons (Fsp3) is 0.207. The summed E-state index contributed by atoms with van der Waals surface area (Å²) < 4.78 is 27.2. The van der Waals surface area contributed by atoms with E-state index in [0.29, 0.717) is 46.9 Å². The third kappa shape index (κ3) is 7.23. The molecule has 2 atom stereocenters. The molecule has 0 fully saturated rings. The highest BCUT2D eigenvalue weighted by Crippen LogP contribution is 2.29. The molecule has 0 spiro atoms. The van der Waals surface area contributed by atoms with Crippen LogP contribution >= 0.6 is 11.8 Å². The van der Waals surface area contributed by atoms with Crippen molar-refractivity contribution in [3.63, 3.8) is 0 Å². The van der Waals surface area contributed by atoms with Gasteiger partial charge in [-0.05, 0) is 77.6 Å². The molecule has 0 saturated heterocycles. The van der Waals surface area contributed by atoms with E-state index in [1.54, 1.807) is 66.6 Å². The van der Waals surface area contributed by atoms with Crippen LogP contribution in [0, 0.1) is 11.6 Å². The summed E-state index contributed by atoms with van der Waals surface area (Å²) in [7, 11) is 0. The number of anilines is 1. The Morgan fingerprint density at radius 3 is 2.33 bits per heavy atom. The third-order valence-electron chi connectivity index (χ3n) is 6.31. The number of carbonyl (C=O) groups is 2. The summed E-state index contributed by atoms with van der Waals surface area (Å²) in [5, 5.41) is 6.12. The fourth-order valence-electron chi connectivity index (χ4n) is 4.23. The number of benzene rings is 3. The van der Waals surface area contributed by atoms with Crippen molar-refractivity contribution in [2.75, 3.05) is 23.9 Å². The van der Waals surface area contributed by atoms with Crippen LogP contribution in [-0.2, 0) is 4.79 Å². The van der Waals surface area contributed by atoms with Gasteiger partial charge in [-0.25, -0.2) is 13.8 Å². The zero-order valence-corrected chi connectivity index (χ0v) is 22.1. The molecule has 0 aliphatic carbocycles. The molecule has 0 saturated carbocycles. The Morgan fingerprint density at radius 2 is 1.72 bits per heavy atom. The number of rotatable bonds is 12. The second-order valence-electron chi connectivity index (χ2n) is 8.94. The Kier molecular flexibility index (Phi) is 9.32. The van der Waals surface area contributed by atoms with Gasteiger partial charge in [0.15, 0.2) is 0 Å². The summed E-state index contributed by atoms with van der Waals surface area (Å²) in [4.78, 5) is 32.7. The monoisotopic (exact) mass is 549 g/mol. The number of hydrogen-bond acceptors (Lipinski definition) is 5. The van der Waals surface area contributed by atoms with Gasteiger partial charge in [-0.1, -0.05) is 24.3 Å². The van der Waals surface area contributed by atoms with Crippen molar-refractivity contribution in [3.05, 3.63) is 108 Å². The van der Waals surface area contributed by atoms with Gasteiger partial charge < -0.3 is 21.4 Å². The second kappa shape index (κ2) is 13.1. The number of nitrogens with one attached hydrogen (secondary N) is 3. The van der Waals surface area contributed by atoms with Crippen molar-refractivity contribution in [1.29, 1.82) is 0 Å². The lowest BCUT2D eigenvalue weighted by Gasteiger charge is -2.19. The maximum absolute atomic E-state index is 13.7. The van der Waals surface area contributed by atoms with Crippen molar-refractivity contribution >= 4 is 29.3 Å². The Hall–Kier alpha value is -4.18. The number of H-pyrrole nitrogens is 1. The van der Waals surface area contributed by atoms with Crippen LogP contribution in [0.15, 0.2) is 79.1 Å². The number of amides is 2. The van der Waals surface area contributed by atoms with Crippen molar-refractivity contribution in [2.24, 2.45) is 5.73 Å². The quantitative estimate of drug-likeness (QED) is 0.200. The molecule has 3 aromatic carbocycles. The Bertz CT molecular complexity index is 1400. The van der Waals surface area contributed by atoms with Gasteiger partial charge >= 0.3 is 0 Å². The number of aromatic nitrogens is 2. The second-order valence-corrected chi connectivity index (χ2v) is 9.92. The Balaban J connectivity index is 1.63. The number of carbonyl (C=O) groups excluding carboxylic acids is 2. The normalized spacial score (nSPS) is 12.5. The Labute approximate surface area is 229 Å². The summed E-state index contributed by atoms with van der Waals surface area (Å²) in [6.45, 7) is 0.423. The highest BCUT2D eigenvalue weighted by molar-refractivity contribution is 7.98. The molecule has 1 heterocycles. The van der Waals surface area contributed by atoms with E-state index in [1.807, 2.05) is 6.26 Å². The van der Waals surface area contributed by atoms with Crippen molar-refractivity contribution < 1.29 is 18.4 Å². The highest BCUT2D eigenvalue weighted by atomic mass is 32.2. The maximum atomic E-state index is 13.7. The highest BCUT2D eigenvalue weighted by Gasteiger charge is 2.22. The minimum Gasteiger partial charge on any atom is -0.384 e. The molecule has 0 aliphatic rings. The first-order valence-corrected chi connectivity index (χ1v) is 13.7. The van der Waals surface area contributed by atoms with E-state index in [4.69, 9.17) is 5.73 Å². The molecule has 202 valence electrons. The van der Waals surface area contributed by atoms with E-state index in [0.717, 1.165) is 5.56 Å².